The van der Waals surface area contributed by atoms with Gasteiger partial charge in [-0.3, -0.25) is 9.69 Å². The quantitative estimate of drug-likeness (QED) is 0.587. The van der Waals surface area contributed by atoms with Crippen molar-refractivity contribution < 1.29 is 24.2 Å². The number of ether oxygens (including phenoxy) is 2. The summed E-state index contributed by atoms with van der Waals surface area (Å²) in [4.78, 5) is 26.7. The number of methoxy groups -OCH3 is 2. The smallest absolute Gasteiger partial charge is 0.337 e. The summed E-state index contributed by atoms with van der Waals surface area (Å²) in [5.41, 5.74) is 4.07. The number of nitrogens with zero attached hydrogens (tertiary/aromatic N) is 1. The minimum Gasteiger partial charge on any atom is -0.503 e. The summed E-state index contributed by atoms with van der Waals surface area (Å²) >= 11 is 0. The molecular weight excluding hydrogens is 406 g/mol. The zero-order valence-corrected chi connectivity index (χ0v) is 18.0. The van der Waals surface area contributed by atoms with Crippen LogP contribution in [0.5, 0.6) is 5.75 Å². The number of hydrogen-bond donors (Lipinski definition) is 1. The van der Waals surface area contributed by atoms with Crippen LogP contribution in [-0.4, -0.2) is 31.2 Å². The molecule has 1 atom stereocenters. The standard InChI is InChI=1S/C26H23NO5/c1-16-4-12-20(13-5-16)27-23(18-6-8-19(9-7-18)26(30)32-3)22(24(28)25(27)29)17-10-14-21(31-2)15-11-17/h4-15,23,28H,1-3H3/t23-/m0/s1. The van der Waals surface area contributed by atoms with Gasteiger partial charge in [0.25, 0.3) is 5.91 Å². The highest BCUT2D eigenvalue weighted by Gasteiger charge is 2.42. The molecule has 0 unspecified atom stereocenters. The van der Waals surface area contributed by atoms with E-state index in [9.17, 15) is 14.7 Å². The first-order valence-corrected chi connectivity index (χ1v) is 10.1. The molecule has 1 aliphatic rings. The molecule has 3 aromatic rings. The van der Waals surface area contributed by atoms with Gasteiger partial charge in [0.1, 0.15) is 5.75 Å². The zero-order chi connectivity index (χ0) is 22.8. The van der Waals surface area contributed by atoms with Gasteiger partial charge in [0.15, 0.2) is 5.76 Å². The Morgan fingerprint density at radius 2 is 1.53 bits per heavy atom. The van der Waals surface area contributed by atoms with Gasteiger partial charge in [-0.2, -0.15) is 0 Å². The SMILES string of the molecule is COC(=O)c1ccc([C@H]2C(c3ccc(OC)cc3)=C(O)C(=O)N2c2ccc(C)cc2)cc1. The van der Waals surface area contributed by atoms with E-state index in [0.29, 0.717) is 28.1 Å². The number of carbonyl (C=O) groups excluding carboxylic acids is 2. The first kappa shape index (κ1) is 21.2. The van der Waals surface area contributed by atoms with Gasteiger partial charge in [0, 0.05) is 11.3 Å². The zero-order valence-electron chi connectivity index (χ0n) is 18.0. The van der Waals surface area contributed by atoms with Gasteiger partial charge in [-0.1, -0.05) is 42.0 Å². The number of aliphatic hydroxyl groups excluding tert-OH is 1. The van der Waals surface area contributed by atoms with Crippen LogP contribution >= 0.6 is 0 Å². The summed E-state index contributed by atoms with van der Waals surface area (Å²) in [6, 6.07) is 21.0. The minimum absolute atomic E-state index is 0.308. The molecule has 6 nitrogen and oxygen atoms in total. The van der Waals surface area contributed by atoms with E-state index in [1.807, 2.05) is 43.3 Å². The van der Waals surface area contributed by atoms with Crippen molar-refractivity contribution in [3.63, 3.8) is 0 Å². The fourth-order valence-electron chi connectivity index (χ4n) is 3.88. The maximum atomic E-state index is 13.2. The van der Waals surface area contributed by atoms with Crippen LogP contribution in [0.3, 0.4) is 0 Å². The molecule has 4 rings (SSSR count). The third kappa shape index (κ3) is 3.71. The number of carbonyl (C=O) groups is 2. The average Bonchev–Trinajstić information content (AvgIpc) is 3.09. The Hall–Kier alpha value is -4.06. The molecule has 0 aliphatic carbocycles. The third-order valence-electron chi connectivity index (χ3n) is 5.57. The summed E-state index contributed by atoms with van der Waals surface area (Å²) in [7, 11) is 2.91. The minimum atomic E-state index is -0.578. The molecular formula is C26H23NO5. The molecule has 0 bridgehead atoms. The molecule has 3 aromatic carbocycles. The number of hydrogen-bond acceptors (Lipinski definition) is 5. The number of amides is 1. The molecule has 0 saturated carbocycles. The van der Waals surface area contributed by atoms with Gasteiger partial charge in [-0.25, -0.2) is 4.79 Å². The van der Waals surface area contributed by atoms with E-state index in [0.717, 1.165) is 11.1 Å². The van der Waals surface area contributed by atoms with Gasteiger partial charge in [0.05, 0.1) is 25.8 Å². The first-order valence-electron chi connectivity index (χ1n) is 10.1. The van der Waals surface area contributed by atoms with E-state index in [2.05, 4.69) is 0 Å². The Labute approximate surface area is 186 Å². The van der Waals surface area contributed by atoms with Crippen LogP contribution < -0.4 is 9.64 Å². The van der Waals surface area contributed by atoms with Crippen LogP contribution in [-0.2, 0) is 9.53 Å². The largest absolute Gasteiger partial charge is 0.503 e. The van der Waals surface area contributed by atoms with E-state index >= 15 is 0 Å². The maximum absolute atomic E-state index is 13.2. The topological polar surface area (TPSA) is 76.1 Å². The van der Waals surface area contributed by atoms with Crippen molar-refractivity contribution in [2.45, 2.75) is 13.0 Å². The molecule has 0 spiro atoms. The van der Waals surface area contributed by atoms with Crippen molar-refractivity contribution in [2.24, 2.45) is 0 Å². The van der Waals surface area contributed by atoms with Gasteiger partial charge in [-0.15, -0.1) is 0 Å². The molecule has 1 heterocycles. The lowest BCUT2D eigenvalue weighted by Gasteiger charge is -2.27. The van der Waals surface area contributed by atoms with Crippen molar-refractivity contribution in [1.29, 1.82) is 0 Å². The average molecular weight is 429 g/mol. The second kappa shape index (κ2) is 8.59. The van der Waals surface area contributed by atoms with Crippen LogP contribution in [0.15, 0.2) is 78.6 Å². The van der Waals surface area contributed by atoms with Gasteiger partial charge >= 0.3 is 5.97 Å². The Balaban J connectivity index is 1.85. The van der Waals surface area contributed by atoms with Crippen LogP contribution in [0.2, 0.25) is 0 Å². The molecule has 1 N–H and O–H groups in total. The van der Waals surface area contributed by atoms with Crippen LogP contribution in [0.4, 0.5) is 5.69 Å². The molecule has 0 radical (unpaired) electrons. The third-order valence-corrected chi connectivity index (χ3v) is 5.57. The Morgan fingerprint density at radius 3 is 2.09 bits per heavy atom. The molecule has 32 heavy (non-hydrogen) atoms. The number of esters is 1. The fourth-order valence-corrected chi connectivity index (χ4v) is 3.88. The summed E-state index contributed by atoms with van der Waals surface area (Å²) in [5, 5.41) is 10.9. The van der Waals surface area contributed by atoms with Gasteiger partial charge in [-0.05, 0) is 54.4 Å². The van der Waals surface area contributed by atoms with Crippen LogP contribution in [0, 0.1) is 6.92 Å². The number of rotatable bonds is 5. The van der Waals surface area contributed by atoms with Crippen LogP contribution in [0.1, 0.15) is 33.1 Å². The highest BCUT2D eigenvalue weighted by atomic mass is 16.5. The monoisotopic (exact) mass is 429 g/mol. The second-order valence-corrected chi connectivity index (χ2v) is 7.52. The van der Waals surface area contributed by atoms with E-state index in [4.69, 9.17) is 9.47 Å². The summed E-state index contributed by atoms with van der Waals surface area (Å²) < 4.78 is 10.0. The molecule has 162 valence electrons. The van der Waals surface area contributed by atoms with Crippen molar-refractivity contribution in [2.75, 3.05) is 19.1 Å². The highest BCUT2D eigenvalue weighted by Crippen LogP contribution is 2.45. The van der Waals surface area contributed by atoms with Gasteiger partial charge in [0.2, 0.25) is 0 Å². The van der Waals surface area contributed by atoms with Crippen LogP contribution in [0.25, 0.3) is 5.57 Å². The Kier molecular flexibility index (Phi) is 5.69. The second-order valence-electron chi connectivity index (χ2n) is 7.52. The number of aliphatic hydroxyl groups is 1. The van der Waals surface area contributed by atoms with Crippen molar-refractivity contribution >= 4 is 23.1 Å². The number of benzene rings is 3. The number of anilines is 1. The van der Waals surface area contributed by atoms with Crippen molar-refractivity contribution in [3.05, 3.63) is 101 Å². The lowest BCUT2D eigenvalue weighted by atomic mass is 9.92. The van der Waals surface area contributed by atoms with Gasteiger partial charge < -0.3 is 14.6 Å². The fraction of sp³-hybridized carbons (Fsp3) is 0.154. The molecule has 6 heteroatoms. The van der Waals surface area contributed by atoms with Crippen molar-refractivity contribution in [1.82, 2.24) is 0 Å². The van der Waals surface area contributed by atoms with E-state index in [-0.39, 0.29) is 5.76 Å². The Bertz CT molecular complexity index is 1180. The lowest BCUT2D eigenvalue weighted by Crippen LogP contribution is -2.30. The summed E-state index contributed by atoms with van der Waals surface area (Å²) in [6.07, 6.45) is 0. The summed E-state index contributed by atoms with van der Waals surface area (Å²) in [6.45, 7) is 1.97. The van der Waals surface area contributed by atoms with E-state index in [1.165, 1.54) is 7.11 Å². The van der Waals surface area contributed by atoms with Crippen molar-refractivity contribution in [3.8, 4) is 5.75 Å². The predicted molar refractivity (Wildman–Crippen MR) is 122 cm³/mol. The molecule has 0 saturated heterocycles. The first-order chi connectivity index (χ1) is 15.4. The lowest BCUT2D eigenvalue weighted by molar-refractivity contribution is -0.117. The number of aryl methyl sites for hydroxylation is 1. The predicted octanol–water partition coefficient (Wildman–Crippen LogP) is 4.85. The highest BCUT2D eigenvalue weighted by molar-refractivity contribution is 6.16. The molecule has 0 aromatic heterocycles. The Morgan fingerprint density at radius 1 is 0.906 bits per heavy atom. The molecule has 1 amide bonds. The summed E-state index contributed by atoms with van der Waals surface area (Å²) in [5.74, 6) is -0.560. The van der Waals surface area contributed by atoms with E-state index < -0.39 is 17.9 Å². The molecule has 0 fully saturated rings. The van der Waals surface area contributed by atoms with E-state index in [1.54, 1.807) is 48.4 Å². The normalized spacial score (nSPS) is 15.8. The molecule has 1 aliphatic heterocycles. The maximum Gasteiger partial charge on any atom is 0.337 e.